The van der Waals surface area contributed by atoms with Gasteiger partial charge >= 0.3 is 5.69 Å². The molecule has 0 radical (unpaired) electrons. The standard InChI is InChI=1S/C24H24N6O4/c1-34-15-14-29-21(20(23(32)28-24(29)33)25-16-17-6-3-2-4-7-17)27-22(31)18-8-10-19(11-9-18)30-13-5-12-26-30/h2-13,25H,14-16H2,1H3,(H,27,31)(H,28,32,33). The Morgan fingerprint density at radius 3 is 2.50 bits per heavy atom. The number of anilines is 2. The molecular weight excluding hydrogens is 436 g/mol. The van der Waals surface area contributed by atoms with E-state index >= 15 is 0 Å². The van der Waals surface area contributed by atoms with Crippen LogP contribution in [0.15, 0.2) is 82.6 Å². The monoisotopic (exact) mass is 460 g/mol. The molecule has 174 valence electrons. The highest BCUT2D eigenvalue weighted by molar-refractivity contribution is 6.05. The first kappa shape index (κ1) is 22.7. The molecule has 0 atom stereocenters. The van der Waals surface area contributed by atoms with Gasteiger partial charge in [0.1, 0.15) is 11.5 Å². The Labute approximate surface area is 194 Å². The van der Waals surface area contributed by atoms with E-state index in [1.807, 2.05) is 30.3 Å². The molecule has 4 aromatic rings. The molecule has 0 saturated heterocycles. The van der Waals surface area contributed by atoms with Crippen molar-refractivity contribution in [1.29, 1.82) is 0 Å². The highest BCUT2D eigenvalue weighted by Crippen LogP contribution is 2.18. The van der Waals surface area contributed by atoms with Crippen molar-refractivity contribution in [3.8, 4) is 5.69 Å². The fourth-order valence-corrected chi connectivity index (χ4v) is 3.41. The second-order valence-corrected chi connectivity index (χ2v) is 7.42. The Kier molecular flexibility index (Phi) is 6.99. The number of nitrogens with one attached hydrogen (secondary N) is 3. The molecule has 0 saturated carbocycles. The predicted octanol–water partition coefficient (Wildman–Crippen LogP) is 2.23. The van der Waals surface area contributed by atoms with E-state index in [2.05, 4.69) is 20.7 Å². The number of ether oxygens (including phenoxy) is 1. The van der Waals surface area contributed by atoms with E-state index in [-0.39, 0.29) is 24.7 Å². The van der Waals surface area contributed by atoms with Crippen LogP contribution in [0.4, 0.5) is 11.5 Å². The number of aromatic nitrogens is 4. The van der Waals surface area contributed by atoms with Gasteiger partial charge in [0.25, 0.3) is 11.5 Å². The van der Waals surface area contributed by atoms with Gasteiger partial charge in [-0.1, -0.05) is 30.3 Å². The Bertz CT molecular complexity index is 1360. The van der Waals surface area contributed by atoms with Crippen LogP contribution in [0.1, 0.15) is 15.9 Å². The van der Waals surface area contributed by atoms with Crippen molar-refractivity contribution in [3.05, 3.63) is 105 Å². The normalized spacial score (nSPS) is 10.7. The molecule has 34 heavy (non-hydrogen) atoms. The third-order valence-corrected chi connectivity index (χ3v) is 5.16. The van der Waals surface area contributed by atoms with E-state index in [1.165, 1.54) is 11.7 Å². The van der Waals surface area contributed by atoms with Crippen LogP contribution >= 0.6 is 0 Å². The fraction of sp³-hybridized carbons (Fsp3) is 0.167. The SMILES string of the molecule is COCCn1c(NC(=O)c2ccc(-n3cccn3)cc2)c(NCc2ccccc2)c(=O)[nH]c1=O. The lowest BCUT2D eigenvalue weighted by Gasteiger charge is -2.18. The Hall–Kier alpha value is -4.44. The molecule has 0 aliphatic carbocycles. The first-order valence-corrected chi connectivity index (χ1v) is 10.6. The molecular formula is C24H24N6O4. The van der Waals surface area contributed by atoms with Crippen molar-refractivity contribution in [2.45, 2.75) is 13.1 Å². The maximum atomic E-state index is 13.1. The predicted molar refractivity (Wildman–Crippen MR) is 128 cm³/mol. The van der Waals surface area contributed by atoms with Crippen LogP contribution in [0.25, 0.3) is 5.69 Å². The first-order valence-electron chi connectivity index (χ1n) is 10.6. The summed E-state index contributed by atoms with van der Waals surface area (Å²) in [4.78, 5) is 40.6. The number of hydrogen-bond donors (Lipinski definition) is 3. The number of hydrogen-bond acceptors (Lipinski definition) is 6. The van der Waals surface area contributed by atoms with Gasteiger partial charge in [0.2, 0.25) is 0 Å². The summed E-state index contributed by atoms with van der Waals surface area (Å²) in [7, 11) is 1.50. The van der Waals surface area contributed by atoms with Gasteiger partial charge in [0, 0.05) is 31.6 Å². The summed E-state index contributed by atoms with van der Waals surface area (Å²) in [6.45, 7) is 0.680. The number of rotatable bonds is 9. The molecule has 0 bridgehead atoms. The molecule has 0 spiro atoms. The van der Waals surface area contributed by atoms with E-state index in [0.717, 1.165) is 11.3 Å². The molecule has 2 aromatic heterocycles. The zero-order valence-corrected chi connectivity index (χ0v) is 18.5. The zero-order chi connectivity index (χ0) is 23.9. The van der Waals surface area contributed by atoms with Crippen molar-refractivity contribution >= 4 is 17.4 Å². The van der Waals surface area contributed by atoms with Crippen LogP contribution in [0.2, 0.25) is 0 Å². The van der Waals surface area contributed by atoms with E-state index in [9.17, 15) is 14.4 Å². The van der Waals surface area contributed by atoms with Gasteiger partial charge in [-0.25, -0.2) is 9.48 Å². The number of benzene rings is 2. The largest absolute Gasteiger partial charge is 0.383 e. The molecule has 4 rings (SSSR count). The van der Waals surface area contributed by atoms with Gasteiger partial charge < -0.3 is 15.4 Å². The van der Waals surface area contributed by atoms with Gasteiger partial charge in [-0.2, -0.15) is 5.10 Å². The minimum absolute atomic E-state index is 0.0721. The number of nitrogens with zero attached hydrogens (tertiary/aromatic N) is 3. The number of H-pyrrole nitrogens is 1. The highest BCUT2D eigenvalue weighted by Gasteiger charge is 2.18. The molecule has 3 N–H and O–H groups in total. The molecule has 10 nitrogen and oxygen atoms in total. The smallest absolute Gasteiger partial charge is 0.330 e. The van der Waals surface area contributed by atoms with Gasteiger partial charge in [-0.05, 0) is 35.9 Å². The summed E-state index contributed by atoms with van der Waals surface area (Å²) in [5.74, 6) is -0.395. The van der Waals surface area contributed by atoms with E-state index in [0.29, 0.717) is 12.1 Å². The average Bonchev–Trinajstić information content (AvgIpc) is 3.39. The van der Waals surface area contributed by atoms with Crippen molar-refractivity contribution < 1.29 is 9.53 Å². The van der Waals surface area contributed by atoms with Crippen LogP contribution in [0.5, 0.6) is 0 Å². The third kappa shape index (κ3) is 5.13. The lowest BCUT2D eigenvalue weighted by molar-refractivity contribution is 0.102. The van der Waals surface area contributed by atoms with Gasteiger partial charge in [0.15, 0.2) is 0 Å². The minimum atomic E-state index is -0.642. The molecule has 0 aliphatic rings. The van der Waals surface area contributed by atoms with Crippen molar-refractivity contribution in [2.24, 2.45) is 0 Å². The second-order valence-electron chi connectivity index (χ2n) is 7.42. The van der Waals surface area contributed by atoms with E-state index in [1.54, 1.807) is 47.4 Å². The number of carbonyl (C=O) groups is 1. The maximum absolute atomic E-state index is 13.1. The molecule has 10 heteroatoms. The van der Waals surface area contributed by atoms with Crippen LogP contribution in [0, 0.1) is 0 Å². The molecule has 0 fully saturated rings. The quantitative estimate of drug-likeness (QED) is 0.352. The average molecular weight is 460 g/mol. The Morgan fingerprint density at radius 2 is 1.82 bits per heavy atom. The van der Waals surface area contributed by atoms with Crippen LogP contribution in [0.3, 0.4) is 0 Å². The number of carbonyl (C=O) groups excluding carboxylic acids is 1. The van der Waals surface area contributed by atoms with Crippen molar-refractivity contribution in [3.63, 3.8) is 0 Å². The van der Waals surface area contributed by atoms with Gasteiger partial charge in [-0.15, -0.1) is 0 Å². The minimum Gasteiger partial charge on any atom is -0.383 e. The van der Waals surface area contributed by atoms with Crippen molar-refractivity contribution in [1.82, 2.24) is 19.3 Å². The second kappa shape index (κ2) is 10.5. The summed E-state index contributed by atoms with van der Waals surface area (Å²) in [6.07, 6.45) is 3.46. The van der Waals surface area contributed by atoms with Gasteiger partial charge in [-0.3, -0.25) is 19.1 Å². The summed E-state index contributed by atoms with van der Waals surface area (Å²) in [5.41, 5.74) is 0.899. The number of aromatic amines is 1. The van der Waals surface area contributed by atoms with Gasteiger partial charge in [0.05, 0.1) is 18.8 Å². The lowest BCUT2D eigenvalue weighted by atomic mass is 10.2. The summed E-state index contributed by atoms with van der Waals surface area (Å²) >= 11 is 0. The van der Waals surface area contributed by atoms with Crippen LogP contribution in [-0.2, 0) is 17.8 Å². The fourth-order valence-electron chi connectivity index (χ4n) is 3.41. The maximum Gasteiger partial charge on any atom is 0.330 e. The molecule has 0 aliphatic heterocycles. The van der Waals surface area contributed by atoms with Crippen molar-refractivity contribution in [2.75, 3.05) is 24.4 Å². The number of methoxy groups -OCH3 is 1. The Balaban J connectivity index is 1.65. The molecule has 1 amide bonds. The number of amides is 1. The lowest BCUT2D eigenvalue weighted by Crippen LogP contribution is -2.36. The van der Waals surface area contributed by atoms with E-state index < -0.39 is 17.2 Å². The summed E-state index contributed by atoms with van der Waals surface area (Å²) < 4.78 is 8.05. The topological polar surface area (TPSA) is 123 Å². The Morgan fingerprint density at radius 1 is 1.06 bits per heavy atom. The molecule has 2 heterocycles. The zero-order valence-electron chi connectivity index (χ0n) is 18.5. The first-order chi connectivity index (χ1) is 16.6. The molecule has 2 aromatic carbocycles. The summed E-state index contributed by atoms with van der Waals surface area (Å²) in [5, 5.41) is 9.96. The summed E-state index contributed by atoms with van der Waals surface area (Å²) in [6, 6.07) is 18.1. The van der Waals surface area contributed by atoms with Crippen LogP contribution < -0.4 is 21.9 Å². The molecule has 0 unspecified atom stereocenters. The third-order valence-electron chi connectivity index (χ3n) is 5.16. The highest BCUT2D eigenvalue weighted by atomic mass is 16.5. The van der Waals surface area contributed by atoms with Crippen LogP contribution in [-0.4, -0.2) is 39.0 Å². The van der Waals surface area contributed by atoms with E-state index in [4.69, 9.17) is 4.74 Å².